The second-order valence-electron chi connectivity index (χ2n) is 5.12. The lowest BCUT2D eigenvalue weighted by Gasteiger charge is -2.12. The fourth-order valence-electron chi connectivity index (χ4n) is 2.24. The molecular formula is C15H19F2N3. The summed E-state index contributed by atoms with van der Waals surface area (Å²) in [6.07, 6.45) is 1.23. The first-order chi connectivity index (χ1) is 9.42. The number of hydrogen-bond donors (Lipinski definition) is 1. The number of rotatable bonds is 4. The summed E-state index contributed by atoms with van der Waals surface area (Å²) in [7, 11) is 0. The van der Waals surface area contributed by atoms with E-state index >= 15 is 0 Å². The molecule has 0 aliphatic rings. The van der Waals surface area contributed by atoms with Crippen molar-refractivity contribution >= 4 is 0 Å². The fourth-order valence-corrected chi connectivity index (χ4v) is 2.24. The molecule has 0 fully saturated rings. The van der Waals surface area contributed by atoms with Crippen LogP contribution in [0, 0.1) is 25.5 Å². The van der Waals surface area contributed by atoms with Crippen LogP contribution in [0.5, 0.6) is 0 Å². The standard InChI is InChI=1S/C15H19F2N3/c1-4-12(18)6-11-7-13(16)15(14(17)8-11)20-10(3)5-9(2)19-20/h5,7-8,12H,4,6,18H2,1-3H3. The summed E-state index contributed by atoms with van der Waals surface area (Å²) in [6.45, 7) is 5.50. The molecular weight excluding hydrogens is 260 g/mol. The summed E-state index contributed by atoms with van der Waals surface area (Å²) in [4.78, 5) is 0. The van der Waals surface area contributed by atoms with Gasteiger partial charge in [0, 0.05) is 11.7 Å². The van der Waals surface area contributed by atoms with E-state index in [4.69, 9.17) is 5.73 Å². The first-order valence-electron chi connectivity index (χ1n) is 6.69. The third kappa shape index (κ3) is 2.88. The van der Waals surface area contributed by atoms with E-state index in [1.165, 1.54) is 16.8 Å². The van der Waals surface area contributed by atoms with Crippen molar-refractivity contribution in [2.24, 2.45) is 5.73 Å². The maximum absolute atomic E-state index is 14.2. The zero-order valence-electron chi connectivity index (χ0n) is 12.0. The Bertz CT molecular complexity index is 597. The molecule has 0 radical (unpaired) electrons. The van der Waals surface area contributed by atoms with Gasteiger partial charge in [0.25, 0.3) is 0 Å². The lowest BCUT2D eigenvalue weighted by Crippen LogP contribution is -2.21. The molecule has 1 aromatic heterocycles. The van der Waals surface area contributed by atoms with E-state index in [1.54, 1.807) is 19.9 Å². The minimum Gasteiger partial charge on any atom is -0.327 e. The predicted molar refractivity (Wildman–Crippen MR) is 74.9 cm³/mol. The number of aromatic nitrogens is 2. The van der Waals surface area contributed by atoms with E-state index in [2.05, 4.69) is 5.10 Å². The molecule has 0 bridgehead atoms. The van der Waals surface area contributed by atoms with Gasteiger partial charge in [-0.25, -0.2) is 13.5 Å². The van der Waals surface area contributed by atoms with E-state index < -0.39 is 11.6 Å². The van der Waals surface area contributed by atoms with Gasteiger partial charge >= 0.3 is 0 Å². The highest BCUT2D eigenvalue weighted by molar-refractivity contribution is 5.39. The van der Waals surface area contributed by atoms with Crippen molar-refractivity contribution in [3.63, 3.8) is 0 Å². The monoisotopic (exact) mass is 279 g/mol. The highest BCUT2D eigenvalue weighted by atomic mass is 19.1. The lowest BCUT2D eigenvalue weighted by molar-refractivity contribution is 0.549. The molecule has 0 amide bonds. The highest BCUT2D eigenvalue weighted by Gasteiger charge is 2.16. The van der Waals surface area contributed by atoms with E-state index in [0.717, 1.165) is 12.1 Å². The highest BCUT2D eigenvalue weighted by Crippen LogP contribution is 2.22. The summed E-state index contributed by atoms with van der Waals surface area (Å²) in [5.74, 6) is -1.23. The van der Waals surface area contributed by atoms with Gasteiger partial charge in [0.1, 0.15) is 5.69 Å². The number of nitrogens with zero attached hydrogens (tertiary/aromatic N) is 2. The topological polar surface area (TPSA) is 43.8 Å². The minimum absolute atomic E-state index is 0.0895. The van der Waals surface area contributed by atoms with Crippen LogP contribution in [0.25, 0.3) is 5.69 Å². The van der Waals surface area contributed by atoms with Crippen LogP contribution in [0.1, 0.15) is 30.3 Å². The molecule has 2 rings (SSSR count). The van der Waals surface area contributed by atoms with E-state index in [-0.39, 0.29) is 11.7 Å². The largest absolute Gasteiger partial charge is 0.327 e. The Morgan fingerprint density at radius 3 is 2.25 bits per heavy atom. The predicted octanol–water partition coefficient (Wildman–Crippen LogP) is 3.05. The maximum Gasteiger partial charge on any atom is 0.152 e. The van der Waals surface area contributed by atoms with Crippen LogP contribution in [0.15, 0.2) is 18.2 Å². The normalized spacial score (nSPS) is 12.7. The summed E-state index contributed by atoms with van der Waals surface area (Å²) in [5, 5.41) is 4.12. The van der Waals surface area contributed by atoms with Crippen molar-refractivity contribution < 1.29 is 8.78 Å². The Kier molecular flexibility index (Phi) is 4.18. The second-order valence-corrected chi connectivity index (χ2v) is 5.12. The lowest BCUT2D eigenvalue weighted by atomic mass is 10.0. The molecule has 3 nitrogen and oxygen atoms in total. The number of aryl methyl sites for hydroxylation is 2. The van der Waals surface area contributed by atoms with Gasteiger partial charge in [0.2, 0.25) is 0 Å². The molecule has 0 aliphatic heterocycles. The third-order valence-corrected chi connectivity index (χ3v) is 3.32. The molecule has 2 aromatic rings. The van der Waals surface area contributed by atoms with E-state index in [1.807, 2.05) is 6.92 Å². The Morgan fingerprint density at radius 1 is 1.20 bits per heavy atom. The first kappa shape index (κ1) is 14.7. The quantitative estimate of drug-likeness (QED) is 0.934. The Morgan fingerprint density at radius 2 is 1.80 bits per heavy atom. The Balaban J connectivity index is 2.44. The van der Waals surface area contributed by atoms with Crippen LogP contribution < -0.4 is 5.73 Å². The summed E-state index contributed by atoms with van der Waals surface area (Å²) in [5.41, 5.74) is 7.67. The molecule has 0 saturated carbocycles. The van der Waals surface area contributed by atoms with Gasteiger partial charge in [0.05, 0.1) is 5.69 Å². The molecule has 0 saturated heterocycles. The molecule has 20 heavy (non-hydrogen) atoms. The van der Waals surface area contributed by atoms with Crippen LogP contribution in [-0.2, 0) is 6.42 Å². The molecule has 0 aliphatic carbocycles. The van der Waals surface area contributed by atoms with E-state index in [9.17, 15) is 8.78 Å². The minimum atomic E-state index is -0.616. The number of halogens is 2. The van der Waals surface area contributed by atoms with Gasteiger partial charge in [0.15, 0.2) is 11.6 Å². The summed E-state index contributed by atoms with van der Waals surface area (Å²) >= 11 is 0. The SMILES string of the molecule is CCC(N)Cc1cc(F)c(-n2nc(C)cc2C)c(F)c1. The molecule has 1 aromatic carbocycles. The zero-order valence-corrected chi connectivity index (χ0v) is 12.0. The summed E-state index contributed by atoms with van der Waals surface area (Å²) < 4.78 is 29.7. The average molecular weight is 279 g/mol. The van der Waals surface area contributed by atoms with E-state index in [0.29, 0.717) is 17.7 Å². The second kappa shape index (κ2) is 5.71. The Labute approximate surface area is 117 Å². The fraction of sp³-hybridized carbons (Fsp3) is 0.400. The van der Waals surface area contributed by atoms with Crippen molar-refractivity contribution in [2.45, 2.75) is 39.7 Å². The van der Waals surface area contributed by atoms with Gasteiger partial charge in [-0.05, 0) is 50.5 Å². The molecule has 2 N–H and O–H groups in total. The van der Waals surface area contributed by atoms with Gasteiger partial charge in [-0.15, -0.1) is 0 Å². The van der Waals surface area contributed by atoms with Gasteiger partial charge in [-0.2, -0.15) is 5.10 Å². The third-order valence-electron chi connectivity index (χ3n) is 3.32. The maximum atomic E-state index is 14.2. The number of hydrogen-bond acceptors (Lipinski definition) is 2. The molecule has 0 spiro atoms. The van der Waals surface area contributed by atoms with Crippen molar-refractivity contribution in [1.82, 2.24) is 9.78 Å². The van der Waals surface area contributed by atoms with Crippen LogP contribution in [-0.4, -0.2) is 15.8 Å². The van der Waals surface area contributed by atoms with Gasteiger partial charge in [-0.1, -0.05) is 6.92 Å². The number of benzene rings is 1. The van der Waals surface area contributed by atoms with Crippen molar-refractivity contribution in [3.8, 4) is 5.69 Å². The number of nitrogens with two attached hydrogens (primary N) is 1. The molecule has 1 unspecified atom stereocenters. The van der Waals surface area contributed by atoms with Crippen molar-refractivity contribution in [2.75, 3.05) is 0 Å². The molecule has 5 heteroatoms. The summed E-state index contributed by atoms with van der Waals surface area (Å²) in [6, 6.07) is 4.36. The van der Waals surface area contributed by atoms with Crippen LogP contribution in [0.3, 0.4) is 0 Å². The van der Waals surface area contributed by atoms with Crippen molar-refractivity contribution in [1.29, 1.82) is 0 Å². The van der Waals surface area contributed by atoms with Crippen LogP contribution >= 0.6 is 0 Å². The zero-order chi connectivity index (χ0) is 14.9. The Hall–Kier alpha value is -1.75. The molecule has 1 heterocycles. The molecule has 108 valence electrons. The van der Waals surface area contributed by atoms with Crippen LogP contribution in [0.4, 0.5) is 8.78 Å². The van der Waals surface area contributed by atoms with Gasteiger partial charge in [-0.3, -0.25) is 0 Å². The smallest absolute Gasteiger partial charge is 0.152 e. The van der Waals surface area contributed by atoms with Crippen LogP contribution in [0.2, 0.25) is 0 Å². The molecule has 1 atom stereocenters. The first-order valence-corrected chi connectivity index (χ1v) is 6.69. The van der Waals surface area contributed by atoms with Crippen molar-refractivity contribution in [3.05, 3.63) is 46.8 Å². The average Bonchev–Trinajstić information content (AvgIpc) is 2.67. The van der Waals surface area contributed by atoms with Gasteiger partial charge < -0.3 is 5.73 Å².